The maximum atomic E-state index is 14.0. The Hall–Kier alpha value is -2.86. The van der Waals surface area contributed by atoms with Crippen molar-refractivity contribution >= 4 is 22.4 Å². The summed E-state index contributed by atoms with van der Waals surface area (Å²) >= 11 is 1.27. The number of carbonyl (C=O) groups is 1. The van der Waals surface area contributed by atoms with E-state index in [1.807, 2.05) is 35.7 Å². The Labute approximate surface area is 147 Å². The van der Waals surface area contributed by atoms with Crippen LogP contribution in [0.1, 0.15) is 10.4 Å². The molecule has 1 aromatic heterocycles. The molecule has 3 rings (SSSR count). The summed E-state index contributed by atoms with van der Waals surface area (Å²) in [6.45, 7) is 3.80. The van der Waals surface area contributed by atoms with E-state index in [-0.39, 0.29) is 12.1 Å². The molecule has 0 saturated heterocycles. The number of carbonyl (C=O) groups excluding carboxylic acids is 1. The molecule has 0 spiro atoms. The highest BCUT2D eigenvalue weighted by atomic mass is 32.1. The van der Waals surface area contributed by atoms with Gasteiger partial charge in [-0.05, 0) is 12.1 Å². The van der Waals surface area contributed by atoms with Crippen molar-refractivity contribution in [2.45, 2.75) is 0 Å². The molecule has 3 aromatic rings. The lowest BCUT2D eigenvalue weighted by Gasteiger charge is -2.18. The third-order valence-corrected chi connectivity index (χ3v) is 4.37. The molecule has 6 heteroatoms. The van der Waals surface area contributed by atoms with Gasteiger partial charge in [0.2, 0.25) is 0 Å². The largest absolute Gasteiger partial charge is 0.280 e. The predicted octanol–water partition coefficient (Wildman–Crippen LogP) is 4.92. The molecule has 3 nitrogen and oxygen atoms in total. The van der Waals surface area contributed by atoms with E-state index in [9.17, 15) is 13.6 Å². The van der Waals surface area contributed by atoms with Gasteiger partial charge in [0.25, 0.3) is 5.91 Å². The summed E-state index contributed by atoms with van der Waals surface area (Å²) in [5.74, 6) is -2.23. The smallest absolute Gasteiger partial charge is 0.263 e. The fourth-order valence-corrected chi connectivity index (χ4v) is 3.16. The first-order chi connectivity index (χ1) is 12.1. The topological polar surface area (TPSA) is 33.2 Å². The van der Waals surface area contributed by atoms with Gasteiger partial charge in [0, 0.05) is 23.6 Å². The van der Waals surface area contributed by atoms with Gasteiger partial charge in [0.15, 0.2) is 5.13 Å². The maximum Gasteiger partial charge on any atom is 0.263 e. The van der Waals surface area contributed by atoms with Gasteiger partial charge >= 0.3 is 0 Å². The van der Waals surface area contributed by atoms with Crippen molar-refractivity contribution in [3.63, 3.8) is 0 Å². The molecule has 0 aliphatic carbocycles. The van der Waals surface area contributed by atoms with Crippen LogP contribution in [0.4, 0.5) is 13.9 Å². The lowest BCUT2D eigenvalue weighted by molar-refractivity contribution is 0.0985. The maximum absolute atomic E-state index is 14.0. The van der Waals surface area contributed by atoms with Gasteiger partial charge in [-0.2, -0.15) is 0 Å². The highest BCUT2D eigenvalue weighted by molar-refractivity contribution is 7.14. The Morgan fingerprint density at radius 3 is 2.64 bits per heavy atom. The molecule has 0 radical (unpaired) electrons. The first kappa shape index (κ1) is 17.0. The molecule has 126 valence electrons. The Morgan fingerprint density at radius 1 is 1.20 bits per heavy atom. The van der Waals surface area contributed by atoms with Gasteiger partial charge in [0.05, 0.1) is 11.3 Å². The summed E-state index contributed by atoms with van der Waals surface area (Å²) in [6, 6.07) is 12.4. The highest BCUT2D eigenvalue weighted by Gasteiger charge is 2.23. The van der Waals surface area contributed by atoms with Crippen molar-refractivity contribution in [3.8, 4) is 11.3 Å². The van der Waals surface area contributed by atoms with E-state index in [0.29, 0.717) is 11.2 Å². The third kappa shape index (κ3) is 3.64. The number of hydrogen-bond donors (Lipinski definition) is 0. The van der Waals surface area contributed by atoms with Crippen LogP contribution in [0.2, 0.25) is 0 Å². The van der Waals surface area contributed by atoms with Crippen LogP contribution in [-0.2, 0) is 0 Å². The van der Waals surface area contributed by atoms with E-state index in [1.165, 1.54) is 22.3 Å². The molecule has 0 fully saturated rings. The SMILES string of the molecule is C=CCN(C(=O)c1ccc(F)cc1F)c1nc(-c2ccccc2)cs1. The lowest BCUT2D eigenvalue weighted by atomic mass is 10.2. The average molecular weight is 356 g/mol. The summed E-state index contributed by atoms with van der Waals surface area (Å²) in [6.07, 6.45) is 1.53. The minimum Gasteiger partial charge on any atom is -0.280 e. The van der Waals surface area contributed by atoms with Crippen LogP contribution in [0, 0.1) is 11.6 Å². The van der Waals surface area contributed by atoms with Crippen LogP contribution >= 0.6 is 11.3 Å². The molecule has 0 aliphatic heterocycles. The monoisotopic (exact) mass is 356 g/mol. The zero-order chi connectivity index (χ0) is 17.8. The van der Waals surface area contributed by atoms with Crippen molar-refractivity contribution in [2.75, 3.05) is 11.4 Å². The predicted molar refractivity (Wildman–Crippen MR) is 95.8 cm³/mol. The van der Waals surface area contributed by atoms with Crippen LogP contribution in [0.25, 0.3) is 11.3 Å². The lowest BCUT2D eigenvalue weighted by Crippen LogP contribution is -2.31. The number of amides is 1. The number of rotatable bonds is 5. The number of halogens is 2. The fraction of sp³-hybridized carbons (Fsp3) is 0.0526. The van der Waals surface area contributed by atoms with Gasteiger partial charge in [-0.1, -0.05) is 36.4 Å². The van der Waals surface area contributed by atoms with E-state index in [0.717, 1.165) is 23.4 Å². The Kier molecular flexibility index (Phi) is 5.00. The van der Waals surface area contributed by atoms with Crippen LogP contribution in [-0.4, -0.2) is 17.4 Å². The van der Waals surface area contributed by atoms with Crippen molar-refractivity contribution < 1.29 is 13.6 Å². The molecule has 0 aliphatic rings. The van der Waals surface area contributed by atoms with E-state index in [2.05, 4.69) is 11.6 Å². The normalized spacial score (nSPS) is 10.5. The molecule has 1 heterocycles. The molecular weight excluding hydrogens is 342 g/mol. The number of thiazole rings is 1. The van der Waals surface area contributed by atoms with Crippen molar-refractivity contribution in [2.24, 2.45) is 0 Å². The van der Waals surface area contributed by atoms with Gasteiger partial charge in [-0.25, -0.2) is 13.8 Å². The average Bonchev–Trinajstić information content (AvgIpc) is 3.09. The summed E-state index contributed by atoms with van der Waals surface area (Å²) < 4.78 is 27.0. The molecule has 0 N–H and O–H groups in total. The standard InChI is InChI=1S/C19H14F2N2OS/c1-2-10-23(18(24)15-9-8-14(20)11-16(15)21)19-22-17(12-25-19)13-6-4-3-5-7-13/h2-9,11-12H,1,10H2. The summed E-state index contributed by atoms with van der Waals surface area (Å²) in [7, 11) is 0. The van der Waals surface area contributed by atoms with Crippen molar-refractivity contribution in [1.29, 1.82) is 0 Å². The van der Waals surface area contributed by atoms with Crippen LogP contribution in [0.5, 0.6) is 0 Å². The van der Waals surface area contributed by atoms with E-state index >= 15 is 0 Å². The van der Waals surface area contributed by atoms with Gasteiger partial charge in [-0.3, -0.25) is 9.69 Å². The Morgan fingerprint density at radius 2 is 1.96 bits per heavy atom. The number of aromatic nitrogens is 1. The minimum atomic E-state index is -0.904. The first-order valence-corrected chi connectivity index (χ1v) is 8.37. The van der Waals surface area contributed by atoms with Crippen molar-refractivity contribution in [1.82, 2.24) is 4.98 Å². The molecule has 2 aromatic carbocycles. The fourth-order valence-electron chi connectivity index (χ4n) is 2.32. The van der Waals surface area contributed by atoms with Crippen LogP contribution in [0.3, 0.4) is 0 Å². The van der Waals surface area contributed by atoms with Crippen molar-refractivity contribution in [3.05, 3.63) is 83.8 Å². The second kappa shape index (κ2) is 7.36. The number of benzene rings is 2. The van der Waals surface area contributed by atoms with Gasteiger partial charge < -0.3 is 0 Å². The zero-order valence-electron chi connectivity index (χ0n) is 13.2. The number of anilines is 1. The van der Waals surface area contributed by atoms with E-state index < -0.39 is 17.5 Å². The molecule has 0 bridgehead atoms. The molecule has 0 atom stereocenters. The quantitative estimate of drug-likeness (QED) is 0.608. The summed E-state index contributed by atoms with van der Waals surface area (Å²) in [5.41, 5.74) is 1.44. The summed E-state index contributed by atoms with van der Waals surface area (Å²) in [5, 5.41) is 2.25. The second-order valence-electron chi connectivity index (χ2n) is 5.21. The molecule has 0 unspecified atom stereocenters. The first-order valence-electron chi connectivity index (χ1n) is 7.49. The Bertz CT molecular complexity index is 909. The van der Waals surface area contributed by atoms with E-state index in [4.69, 9.17) is 0 Å². The molecule has 0 saturated carbocycles. The minimum absolute atomic E-state index is 0.164. The van der Waals surface area contributed by atoms with Crippen LogP contribution in [0.15, 0.2) is 66.6 Å². The highest BCUT2D eigenvalue weighted by Crippen LogP contribution is 2.28. The number of hydrogen-bond acceptors (Lipinski definition) is 3. The molecule has 25 heavy (non-hydrogen) atoms. The molecular formula is C19H14F2N2OS. The number of nitrogens with zero attached hydrogens (tertiary/aromatic N) is 2. The Balaban J connectivity index is 1.95. The zero-order valence-corrected chi connectivity index (χ0v) is 14.0. The summed E-state index contributed by atoms with van der Waals surface area (Å²) in [4.78, 5) is 18.5. The van der Waals surface area contributed by atoms with Crippen LogP contribution < -0.4 is 4.90 Å². The van der Waals surface area contributed by atoms with Gasteiger partial charge in [0.1, 0.15) is 11.6 Å². The second-order valence-corrected chi connectivity index (χ2v) is 6.05. The van der Waals surface area contributed by atoms with E-state index in [1.54, 1.807) is 0 Å². The van der Waals surface area contributed by atoms with Gasteiger partial charge in [-0.15, -0.1) is 17.9 Å². The molecule has 1 amide bonds. The third-order valence-electron chi connectivity index (χ3n) is 3.51.